The molecule has 0 aliphatic carbocycles. The number of hydrogen-bond acceptors (Lipinski definition) is 3. The second kappa shape index (κ2) is 5.84. The Balaban J connectivity index is 2.12. The van der Waals surface area contributed by atoms with Gasteiger partial charge in [0.15, 0.2) is 0 Å². The maximum absolute atomic E-state index is 12.1. The minimum atomic E-state index is -0.982. The van der Waals surface area contributed by atoms with E-state index in [2.05, 4.69) is 10.6 Å². The summed E-state index contributed by atoms with van der Waals surface area (Å²) in [5, 5.41) is 15.0. The molecule has 2 rings (SSSR count). The van der Waals surface area contributed by atoms with Gasteiger partial charge in [0.2, 0.25) is 5.91 Å². The standard InChI is InChI=1S/C14H18N2O3/c1-9-10(14(18)19)5-4-7-11(9)16-13(17)12-6-2-3-8-15-12/h4-5,7,12,15H,2-3,6,8H2,1H3,(H,16,17)(H,18,19)/t12-/m0/s1. The average molecular weight is 262 g/mol. The molecule has 1 aliphatic heterocycles. The van der Waals surface area contributed by atoms with E-state index in [4.69, 9.17) is 5.11 Å². The van der Waals surface area contributed by atoms with Crippen molar-refractivity contribution in [1.82, 2.24) is 5.32 Å². The van der Waals surface area contributed by atoms with Crippen molar-refractivity contribution >= 4 is 17.6 Å². The largest absolute Gasteiger partial charge is 0.478 e. The summed E-state index contributed by atoms with van der Waals surface area (Å²) in [6, 6.07) is 4.72. The first kappa shape index (κ1) is 13.5. The number of anilines is 1. The number of rotatable bonds is 3. The van der Waals surface area contributed by atoms with E-state index in [1.165, 1.54) is 6.07 Å². The zero-order valence-corrected chi connectivity index (χ0v) is 10.9. The lowest BCUT2D eigenvalue weighted by Crippen LogP contribution is -2.43. The van der Waals surface area contributed by atoms with Crippen molar-refractivity contribution in [3.8, 4) is 0 Å². The summed E-state index contributed by atoms with van der Waals surface area (Å²) in [4.78, 5) is 23.1. The summed E-state index contributed by atoms with van der Waals surface area (Å²) in [6.07, 6.45) is 2.96. The molecule has 5 heteroatoms. The molecule has 1 atom stereocenters. The Labute approximate surface area is 112 Å². The highest BCUT2D eigenvalue weighted by Crippen LogP contribution is 2.20. The molecular formula is C14H18N2O3. The van der Waals surface area contributed by atoms with Crippen LogP contribution in [0.25, 0.3) is 0 Å². The molecule has 0 saturated carbocycles. The summed E-state index contributed by atoms with van der Waals surface area (Å²) < 4.78 is 0. The first-order valence-corrected chi connectivity index (χ1v) is 6.47. The Morgan fingerprint density at radius 2 is 2.16 bits per heavy atom. The molecule has 1 aromatic carbocycles. The van der Waals surface area contributed by atoms with Crippen LogP contribution in [-0.2, 0) is 4.79 Å². The summed E-state index contributed by atoms with van der Waals surface area (Å²) in [5.74, 6) is -1.07. The van der Waals surface area contributed by atoms with Crippen LogP contribution in [0.5, 0.6) is 0 Å². The summed E-state index contributed by atoms with van der Waals surface area (Å²) in [7, 11) is 0. The summed E-state index contributed by atoms with van der Waals surface area (Å²) in [5.41, 5.74) is 1.37. The van der Waals surface area contributed by atoms with E-state index >= 15 is 0 Å². The molecule has 1 saturated heterocycles. The molecule has 0 bridgehead atoms. The topological polar surface area (TPSA) is 78.4 Å². The van der Waals surface area contributed by atoms with Crippen LogP contribution in [0.1, 0.15) is 35.2 Å². The zero-order chi connectivity index (χ0) is 13.8. The number of benzene rings is 1. The second-order valence-electron chi connectivity index (χ2n) is 4.78. The molecule has 1 aliphatic rings. The molecule has 0 spiro atoms. The predicted octanol–water partition coefficient (Wildman–Crippen LogP) is 1.77. The Bertz CT molecular complexity index is 493. The number of carbonyl (C=O) groups excluding carboxylic acids is 1. The maximum Gasteiger partial charge on any atom is 0.336 e. The van der Waals surface area contributed by atoms with Gasteiger partial charge in [-0.2, -0.15) is 0 Å². The lowest BCUT2D eigenvalue weighted by molar-refractivity contribution is -0.118. The highest BCUT2D eigenvalue weighted by molar-refractivity contribution is 5.98. The number of carboxylic acid groups (broad SMARTS) is 1. The molecule has 1 heterocycles. The van der Waals surface area contributed by atoms with E-state index in [1.807, 2.05) is 0 Å². The third-order valence-corrected chi connectivity index (χ3v) is 3.45. The van der Waals surface area contributed by atoms with Gasteiger partial charge in [-0.05, 0) is 44.0 Å². The maximum atomic E-state index is 12.1. The molecule has 0 radical (unpaired) electrons. The van der Waals surface area contributed by atoms with Crippen LogP contribution in [0, 0.1) is 6.92 Å². The average Bonchev–Trinajstić information content (AvgIpc) is 2.41. The number of nitrogens with one attached hydrogen (secondary N) is 2. The quantitative estimate of drug-likeness (QED) is 0.775. The van der Waals surface area contributed by atoms with Crippen molar-refractivity contribution < 1.29 is 14.7 Å². The number of amides is 1. The van der Waals surface area contributed by atoms with Crippen LogP contribution < -0.4 is 10.6 Å². The number of carbonyl (C=O) groups is 2. The zero-order valence-electron chi connectivity index (χ0n) is 10.9. The van der Waals surface area contributed by atoms with Crippen LogP contribution in [0.2, 0.25) is 0 Å². The fraction of sp³-hybridized carbons (Fsp3) is 0.429. The van der Waals surface area contributed by atoms with Gasteiger partial charge in [0.1, 0.15) is 0 Å². The van der Waals surface area contributed by atoms with E-state index < -0.39 is 5.97 Å². The summed E-state index contributed by atoms with van der Waals surface area (Å²) >= 11 is 0. The van der Waals surface area contributed by atoms with E-state index in [0.717, 1.165) is 25.8 Å². The van der Waals surface area contributed by atoms with Crippen LogP contribution >= 0.6 is 0 Å². The van der Waals surface area contributed by atoms with E-state index in [9.17, 15) is 9.59 Å². The minimum Gasteiger partial charge on any atom is -0.478 e. The fourth-order valence-corrected chi connectivity index (χ4v) is 2.30. The Kier molecular flexibility index (Phi) is 4.16. The third kappa shape index (κ3) is 3.12. The van der Waals surface area contributed by atoms with Gasteiger partial charge in [-0.1, -0.05) is 12.5 Å². The van der Waals surface area contributed by atoms with Crippen LogP contribution in [0.3, 0.4) is 0 Å². The summed E-state index contributed by atoms with van der Waals surface area (Å²) in [6.45, 7) is 2.56. The third-order valence-electron chi connectivity index (χ3n) is 3.45. The van der Waals surface area contributed by atoms with Crippen molar-refractivity contribution in [1.29, 1.82) is 0 Å². The highest BCUT2D eigenvalue weighted by Gasteiger charge is 2.21. The Morgan fingerprint density at radius 1 is 1.37 bits per heavy atom. The molecule has 1 fully saturated rings. The molecule has 1 amide bonds. The van der Waals surface area contributed by atoms with Crippen LogP contribution in [0.15, 0.2) is 18.2 Å². The van der Waals surface area contributed by atoms with Crippen LogP contribution in [0.4, 0.5) is 5.69 Å². The Morgan fingerprint density at radius 3 is 2.79 bits per heavy atom. The van der Waals surface area contributed by atoms with Gasteiger partial charge in [-0.3, -0.25) is 4.79 Å². The minimum absolute atomic E-state index is 0.0923. The molecule has 1 aromatic rings. The van der Waals surface area contributed by atoms with Gasteiger partial charge in [0, 0.05) is 5.69 Å². The molecular weight excluding hydrogens is 244 g/mol. The van der Waals surface area contributed by atoms with Gasteiger partial charge >= 0.3 is 5.97 Å². The Hall–Kier alpha value is -1.88. The molecule has 19 heavy (non-hydrogen) atoms. The van der Waals surface area contributed by atoms with Crippen molar-refractivity contribution in [3.63, 3.8) is 0 Å². The number of hydrogen-bond donors (Lipinski definition) is 3. The first-order chi connectivity index (χ1) is 9.09. The fourth-order valence-electron chi connectivity index (χ4n) is 2.30. The highest BCUT2D eigenvalue weighted by atomic mass is 16.4. The van der Waals surface area contributed by atoms with Gasteiger partial charge < -0.3 is 15.7 Å². The molecule has 5 nitrogen and oxygen atoms in total. The van der Waals surface area contributed by atoms with Gasteiger partial charge in [-0.15, -0.1) is 0 Å². The van der Waals surface area contributed by atoms with E-state index in [0.29, 0.717) is 11.3 Å². The smallest absolute Gasteiger partial charge is 0.336 e. The molecule has 102 valence electrons. The van der Waals surface area contributed by atoms with Gasteiger partial charge in [0.05, 0.1) is 11.6 Å². The van der Waals surface area contributed by atoms with Gasteiger partial charge in [-0.25, -0.2) is 4.79 Å². The molecule has 3 N–H and O–H groups in total. The molecule has 0 unspecified atom stereocenters. The second-order valence-corrected chi connectivity index (χ2v) is 4.78. The predicted molar refractivity (Wildman–Crippen MR) is 72.4 cm³/mol. The van der Waals surface area contributed by atoms with Crippen LogP contribution in [-0.4, -0.2) is 29.6 Å². The normalized spacial score (nSPS) is 18.9. The van der Waals surface area contributed by atoms with E-state index in [-0.39, 0.29) is 17.5 Å². The first-order valence-electron chi connectivity index (χ1n) is 6.47. The number of carboxylic acids is 1. The number of piperidine rings is 1. The van der Waals surface area contributed by atoms with Crippen molar-refractivity contribution in [2.24, 2.45) is 0 Å². The number of aromatic carboxylic acids is 1. The molecule has 0 aromatic heterocycles. The van der Waals surface area contributed by atoms with E-state index in [1.54, 1.807) is 19.1 Å². The monoisotopic (exact) mass is 262 g/mol. The van der Waals surface area contributed by atoms with Crippen molar-refractivity contribution in [2.75, 3.05) is 11.9 Å². The van der Waals surface area contributed by atoms with Gasteiger partial charge in [0.25, 0.3) is 0 Å². The van der Waals surface area contributed by atoms with Crippen molar-refractivity contribution in [3.05, 3.63) is 29.3 Å². The van der Waals surface area contributed by atoms with Crippen molar-refractivity contribution in [2.45, 2.75) is 32.2 Å². The SMILES string of the molecule is Cc1c(NC(=O)[C@@H]2CCCCN2)cccc1C(=O)O. The lowest BCUT2D eigenvalue weighted by atomic mass is 10.0. The lowest BCUT2D eigenvalue weighted by Gasteiger charge is -2.23.